The molecule has 0 fully saturated rings. The van der Waals surface area contributed by atoms with Crippen LogP contribution >= 0.6 is 33.6 Å². The quantitative estimate of drug-likeness (QED) is 0.798. The van der Waals surface area contributed by atoms with E-state index in [1.54, 1.807) is 12.1 Å². The first-order valence-electron chi connectivity index (χ1n) is 4.13. The van der Waals surface area contributed by atoms with Crippen LogP contribution in [0.25, 0.3) is 10.6 Å². The molecule has 2 aromatic rings. The van der Waals surface area contributed by atoms with Crippen LogP contribution in [0.2, 0.25) is 4.34 Å². The maximum absolute atomic E-state index is 11.0. The van der Waals surface area contributed by atoms with Crippen LogP contribution in [0.3, 0.4) is 0 Å². The molecule has 0 amide bonds. The number of thiophene rings is 1. The van der Waals surface area contributed by atoms with Crippen LogP contribution in [-0.2, 0) is 9.05 Å². The van der Waals surface area contributed by atoms with Crippen LogP contribution in [-0.4, -0.2) is 13.4 Å². The minimum atomic E-state index is -3.71. The molecule has 2 heterocycles. The average molecular weight is 294 g/mol. The first kappa shape index (κ1) is 11.9. The third-order valence-electron chi connectivity index (χ3n) is 1.84. The summed E-state index contributed by atoms with van der Waals surface area (Å²) in [5.41, 5.74) is 0.668. The van der Waals surface area contributed by atoms with Crippen molar-refractivity contribution < 1.29 is 8.42 Å². The van der Waals surface area contributed by atoms with Crippen molar-refractivity contribution in [2.45, 2.75) is 4.90 Å². The zero-order chi connectivity index (χ0) is 11.8. The lowest BCUT2D eigenvalue weighted by Crippen LogP contribution is -1.91. The molecule has 0 aliphatic heterocycles. The van der Waals surface area contributed by atoms with E-state index in [-0.39, 0.29) is 4.90 Å². The smallest absolute Gasteiger partial charge is 0.254 e. The summed E-state index contributed by atoms with van der Waals surface area (Å²) in [5.74, 6) is 0. The average Bonchev–Trinajstić information content (AvgIpc) is 2.64. The Morgan fingerprint density at radius 1 is 1.19 bits per heavy atom. The van der Waals surface area contributed by atoms with E-state index >= 15 is 0 Å². The van der Waals surface area contributed by atoms with Crippen molar-refractivity contribution in [1.29, 1.82) is 0 Å². The standard InChI is InChI=1S/C9H5Cl2NO2S2/c10-9-4-3-8(15-9)7-2-1-6(5-12-7)16(11,13)14/h1-5H. The third-order valence-corrected chi connectivity index (χ3v) is 4.44. The van der Waals surface area contributed by atoms with Gasteiger partial charge in [0.15, 0.2) is 0 Å². The number of aromatic nitrogens is 1. The van der Waals surface area contributed by atoms with E-state index in [1.165, 1.54) is 23.6 Å². The molecule has 0 radical (unpaired) electrons. The minimum absolute atomic E-state index is 0.0134. The molecule has 7 heteroatoms. The lowest BCUT2D eigenvalue weighted by molar-refractivity contribution is 0.609. The highest BCUT2D eigenvalue weighted by Crippen LogP contribution is 2.30. The largest absolute Gasteiger partial charge is 0.262 e. The van der Waals surface area contributed by atoms with Crippen molar-refractivity contribution in [2.24, 2.45) is 0 Å². The minimum Gasteiger partial charge on any atom is -0.254 e. The van der Waals surface area contributed by atoms with Gasteiger partial charge in [0.25, 0.3) is 9.05 Å². The second kappa shape index (κ2) is 4.33. The molecule has 0 saturated carbocycles. The number of halogens is 2. The Kier molecular flexibility index (Phi) is 3.21. The van der Waals surface area contributed by atoms with Crippen molar-refractivity contribution in [3.63, 3.8) is 0 Å². The number of hydrogen-bond acceptors (Lipinski definition) is 4. The number of pyridine rings is 1. The van der Waals surface area contributed by atoms with Gasteiger partial charge in [0.1, 0.15) is 4.90 Å². The summed E-state index contributed by atoms with van der Waals surface area (Å²) < 4.78 is 22.6. The molecule has 84 valence electrons. The van der Waals surface area contributed by atoms with E-state index in [1.807, 2.05) is 6.07 Å². The van der Waals surface area contributed by atoms with Crippen LogP contribution in [0, 0.1) is 0 Å². The molecule has 0 unspecified atom stereocenters. The first-order chi connectivity index (χ1) is 7.47. The van der Waals surface area contributed by atoms with Crippen LogP contribution in [0.4, 0.5) is 0 Å². The lowest BCUT2D eigenvalue weighted by Gasteiger charge is -1.98. The molecule has 2 aromatic heterocycles. The zero-order valence-corrected chi connectivity index (χ0v) is 10.9. The summed E-state index contributed by atoms with van der Waals surface area (Å²) in [7, 11) is 1.47. The summed E-state index contributed by atoms with van der Waals surface area (Å²) in [4.78, 5) is 4.88. The highest BCUT2D eigenvalue weighted by atomic mass is 35.7. The topological polar surface area (TPSA) is 47.0 Å². The molecule has 0 aliphatic rings. The lowest BCUT2D eigenvalue weighted by atomic mass is 10.3. The Labute approximate surface area is 106 Å². The molecule has 0 saturated heterocycles. The molecule has 0 spiro atoms. The molecular weight excluding hydrogens is 289 g/mol. The fourth-order valence-corrected chi connectivity index (χ4v) is 2.83. The van der Waals surface area contributed by atoms with E-state index in [0.29, 0.717) is 10.0 Å². The maximum Gasteiger partial charge on any atom is 0.262 e. The zero-order valence-electron chi connectivity index (χ0n) is 7.72. The van der Waals surface area contributed by atoms with Gasteiger partial charge in [0.05, 0.1) is 14.9 Å². The van der Waals surface area contributed by atoms with Crippen LogP contribution < -0.4 is 0 Å². The third kappa shape index (κ3) is 2.55. The van der Waals surface area contributed by atoms with Gasteiger partial charge in [-0.1, -0.05) is 11.6 Å². The molecule has 3 nitrogen and oxygen atoms in total. The van der Waals surface area contributed by atoms with Crippen molar-refractivity contribution in [1.82, 2.24) is 4.98 Å². The van der Waals surface area contributed by atoms with Gasteiger partial charge >= 0.3 is 0 Å². The van der Waals surface area contributed by atoms with E-state index in [0.717, 1.165) is 4.88 Å². The predicted molar refractivity (Wildman–Crippen MR) is 65.6 cm³/mol. The normalized spacial score (nSPS) is 11.6. The van der Waals surface area contributed by atoms with E-state index < -0.39 is 9.05 Å². The van der Waals surface area contributed by atoms with Crippen LogP contribution in [0.5, 0.6) is 0 Å². The number of nitrogens with zero attached hydrogens (tertiary/aromatic N) is 1. The van der Waals surface area contributed by atoms with Crippen molar-refractivity contribution in [3.8, 4) is 10.6 Å². The van der Waals surface area contributed by atoms with Crippen molar-refractivity contribution >= 4 is 42.7 Å². The Morgan fingerprint density at radius 2 is 1.94 bits per heavy atom. The molecule has 0 N–H and O–H groups in total. The molecule has 0 aromatic carbocycles. The van der Waals surface area contributed by atoms with E-state index in [9.17, 15) is 8.42 Å². The van der Waals surface area contributed by atoms with Gasteiger partial charge in [0.2, 0.25) is 0 Å². The predicted octanol–water partition coefficient (Wildman–Crippen LogP) is 3.39. The van der Waals surface area contributed by atoms with Gasteiger partial charge in [-0.2, -0.15) is 0 Å². The Balaban J connectivity index is 2.40. The Bertz CT molecular complexity index is 605. The number of rotatable bonds is 2. The molecule has 0 atom stereocenters. The molecule has 16 heavy (non-hydrogen) atoms. The van der Waals surface area contributed by atoms with Crippen LogP contribution in [0.15, 0.2) is 35.4 Å². The van der Waals surface area contributed by atoms with E-state index in [4.69, 9.17) is 22.3 Å². The van der Waals surface area contributed by atoms with Crippen molar-refractivity contribution in [2.75, 3.05) is 0 Å². The highest BCUT2D eigenvalue weighted by Gasteiger charge is 2.11. The van der Waals surface area contributed by atoms with Gasteiger partial charge < -0.3 is 0 Å². The highest BCUT2D eigenvalue weighted by molar-refractivity contribution is 8.13. The second-order valence-electron chi connectivity index (χ2n) is 2.92. The van der Waals surface area contributed by atoms with Crippen molar-refractivity contribution in [3.05, 3.63) is 34.8 Å². The van der Waals surface area contributed by atoms with Gasteiger partial charge in [-0.25, -0.2) is 8.42 Å². The summed E-state index contributed by atoms with van der Waals surface area (Å²) in [5, 5.41) is 0. The molecule has 2 rings (SSSR count). The fraction of sp³-hybridized carbons (Fsp3) is 0. The fourth-order valence-electron chi connectivity index (χ4n) is 1.12. The van der Waals surface area contributed by atoms with Gasteiger partial charge in [-0.3, -0.25) is 4.98 Å². The Morgan fingerprint density at radius 3 is 2.38 bits per heavy atom. The van der Waals surface area contributed by atoms with E-state index in [2.05, 4.69) is 4.98 Å². The summed E-state index contributed by atoms with van der Waals surface area (Å²) in [6, 6.07) is 6.59. The molecule has 0 aliphatic carbocycles. The number of hydrogen-bond donors (Lipinski definition) is 0. The first-order valence-corrected chi connectivity index (χ1v) is 7.63. The summed E-state index contributed by atoms with van der Waals surface area (Å²) >= 11 is 7.16. The second-order valence-corrected chi connectivity index (χ2v) is 7.20. The van der Waals surface area contributed by atoms with Gasteiger partial charge in [-0.05, 0) is 24.3 Å². The monoisotopic (exact) mass is 293 g/mol. The molecule has 0 bridgehead atoms. The summed E-state index contributed by atoms with van der Waals surface area (Å²) in [6.07, 6.45) is 1.23. The SMILES string of the molecule is O=S(=O)(Cl)c1ccc(-c2ccc(Cl)s2)nc1. The Hall–Kier alpha value is -0.620. The maximum atomic E-state index is 11.0. The van der Waals surface area contributed by atoms with Crippen LogP contribution in [0.1, 0.15) is 0 Å². The van der Waals surface area contributed by atoms with Gasteiger partial charge in [0, 0.05) is 16.9 Å². The molecular formula is C9H5Cl2NO2S2. The summed E-state index contributed by atoms with van der Waals surface area (Å²) in [6.45, 7) is 0. The van der Waals surface area contributed by atoms with Gasteiger partial charge in [-0.15, -0.1) is 11.3 Å².